The fraction of sp³-hybridized carbons (Fsp3) is 0.700. The van der Waals surface area contributed by atoms with E-state index in [4.69, 9.17) is 5.90 Å². The quantitative estimate of drug-likeness (QED) is 0.725. The lowest BCUT2D eigenvalue weighted by Gasteiger charge is -2.20. The molecule has 0 aliphatic heterocycles. The second kappa shape index (κ2) is 4.11. The van der Waals surface area contributed by atoms with Crippen molar-refractivity contribution in [3.05, 3.63) is 17.5 Å². The highest BCUT2D eigenvalue weighted by molar-refractivity contribution is 5.26. The van der Waals surface area contributed by atoms with Crippen molar-refractivity contribution in [2.45, 2.75) is 39.0 Å². The fourth-order valence-electron chi connectivity index (χ4n) is 1.50. The zero-order valence-electron chi connectivity index (χ0n) is 9.29. The Bertz CT molecular complexity index is 288. The van der Waals surface area contributed by atoms with E-state index >= 15 is 0 Å². The molecule has 1 rings (SSSR count). The van der Waals surface area contributed by atoms with E-state index in [-0.39, 0.29) is 11.3 Å². The van der Waals surface area contributed by atoms with Crippen LogP contribution >= 0.6 is 0 Å². The molecular weight excluding hydrogens is 178 g/mol. The summed E-state index contributed by atoms with van der Waals surface area (Å²) in [6.45, 7) is 9.05. The van der Waals surface area contributed by atoms with Crippen molar-refractivity contribution in [2.75, 3.05) is 6.61 Å². The number of aromatic amines is 1. The van der Waals surface area contributed by atoms with Gasteiger partial charge in [0.15, 0.2) is 0 Å². The molecule has 0 fully saturated rings. The third kappa shape index (κ3) is 2.33. The SMILES string of the molecule is CC(CON)c1cn[nH]c1C(C)(C)C. The maximum absolute atomic E-state index is 5.06. The molecule has 14 heavy (non-hydrogen) atoms. The average molecular weight is 197 g/mol. The van der Waals surface area contributed by atoms with Gasteiger partial charge in [-0.05, 0) is 5.56 Å². The summed E-state index contributed by atoms with van der Waals surface area (Å²) < 4.78 is 0. The lowest BCUT2D eigenvalue weighted by Crippen LogP contribution is -2.17. The third-order valence-corrected chi connectivity index (χ3v) is 2.30. The summed E-state index contributed by atoms with van der Waals surface area (Å²) in [5.41, 5.74) is 2.42. The van der Waals surface area contributed by atoms with Crippen LogP contribution in [0.3, 0.4) is 0 Å². The molecule has 1 atom stereocenters. The van der Waals surface area contributed by atoms with E-state index in [9.17, 15) is 0 Å². The standard InChI is InChI=1S/C10H19N3O/c1-7(6-14-11)8-5-12-13-9(8)10(2,3)4/h5,7H,6,11H2,1-4H3,(H,12,13). The number of aromatic nitrogens is 2. The summed E-state index contributed by atoms with van der Waals surface area (Å²) in [6, 6.07) is 0. The number of hydrogen-bond donors (Lipinski definition) is 2. The zero-order valence-corrected chi connectivity index (χ0v) is 9.29. The first-order valence-electron chi connectivity index (χ1n) is 4.82. The molecule has 0 saturated carbocycles. The van der Waals surface area contributed by atoms with E-state index in [2.05, 4.69) is 42.7 Å². The van der Waals surface area contributed by atoms with Gasteiger partial charge in [-0.3, -0.25) is 5.10 Å². The van der Waals surface area contributed by atoms with Gasteiger partial charge in [0.1, 0.15) is 0 Å². The second-order valence-electron chi connectivity index (χ2n) is 4.68. The molecule has 0 radical (unpaired) electrons. The van der Waals surface area contributed by atoms with E-state index < -0.39 is 0 Å². The predicted molar refractivity (Wildman–Crippen MR) is 55.8 cm³/mol. The van der Waals surface area contributed by atoms with Crippen LogP contribution in [0.2, 0.25) is 0 Å². The van der Waals surface area contributed by atoms with Crippen molar-refractivity contribution in [3.8, 4) is 0 Å². The van der Waals surface area contributed by atoms with Gasteiger partial charge in [0, 0.05) is 17.0 Å². The highest BCUT2D eigenvalue weighted by Crippen LogP contribution is 2.28. The largest absolute Gasteiger partial charge is 0.304 e. The predicted octanol–water partition coefficient (Wildman–Crippen LogP) is 1.70. The number of hydrogen-bond acceptors (Lipinski definition) is 3. The first-order valence-corrected chi connectivity index (χ1v) is 4.82. The van der Waals surface area contributed by atoms with Gasteiger partial charge in [0.25, 0.3) is 0 Å². The molecule has 0 saturated heterocycles. The summed E-state index contributed by atoms with van der Waals surface area (Å²) in [5, 5.41) is 7.11. The normalized spacial score (nSPS) is 14.4. The minimum Gasteiger partial charge on any atom is -0.304 e. The topological polar surface area (TPSA) is 63.9 Å². The summed E-state index contributed by atoms with van der Waals surface area (Å²) >= 11 is 0. The van der Waals surface area contributed by atoms with Gasteiger partial charge in [0.2, 0.25) is 0 Å². The molecule has 0 aliphatic rings. The Morgan fingerprint density at radius 1 is 1.57 bits per heavy atom. The fourth-order valence-corrected chi connectivity index (χ4v) is 1.50. The Hall–Kier alpha value is -0.870. The molecule has 1 unspecified atom stereocenters. The first kappa shape index (κ1) is 11.2. The van der Waals surface area contributed by atoms with Gasteiger partial charge in [-0.25, -0.2) is 5.90 Å². The molecule has 0 aliphatic carbocycles. The smallest absolute Gasteiger partial charge is 0.0746 e. The third-order valence-electron chi connectivity index (χ3n) is 2.30. The second-order valence-corrected chi connectivity index (χ2v) is 4.68. The van der Waals surface area contributed by atoms with Crippen LogP contribution in [0.15, 0.2) is 6.20 Å². The molecule has 0 spiro atoms. The first-order chi connectivity index (χ1) is 6.46. The van der Waals surface area contributed by atoms with Gasteiger partial charge in [0.05, 0.1) is 12.8 Å². The molecular formula is C10H19N3O. The van der Waals surface area contributed by atoms with Crippen LogP contribution in [-0.2, 0) is 10.3 Å². The van der Waals surface area contributed by atoms with Gasteiger partial charge >= 0.3 is 0 Å². The molecule has 3 N–H and O–H groups in total. The zero-order chi connectivity index (χ0) is 10.8. The summed E-state index contributed by atoms with van der Waals surface area (Å²) in [6.07, 6.45) is 1.85. The molecule has 0 bridgehead atoms. The molecule has 1 aromatic heterocycles. The number of nitrogens with two attached hydrogens (primary N) is 1. The Labute approximate surface area is 84.8 Å². The summed E-state index contributed by atoms with van der Waals surface area (Å²) in [7, 11) is 0. The van der Waals surface area contributed by atoms with E-state index in [1.165, 1.54) is 5.56 Å². The van der Waals surface area contributed by atoms with Crippen molar-refractivity contribution < 1.29 is 4.84 Å². The van der Waals surface area contributed by atoms with Crippen LogP contribution in [0.1, 0.15) is 44.9 Å². The molecule has 4 heteroatoms. The highest BCUT2D eigenvalue weighted by atomic mass is 16.6. The molecule has 80 valence electrons. The summed E-state index contributed by atoms with van der Waals surface area (Å²) in [4.78, 5) is 4.65. The lowest BCUT2D eigenvalue weighted by molar-refractivity contribution is 0.126. The monoisotopic (exact) mass is 197 g/mol. The Morgan fingerprint density at radius 2 is 2.21 bits per heavy atom. The molecule has 1 aromatic rings. The Balaban J connectivity index is 2.93. The summed E-state index contributed by atoms with van der Waals surface area (Å²) in [5.74, 6) is 5.34. The Kier molecular flexibility index (Phi) is 3.29. The van der Waals surface area contributed by atoms with Crippen molar-refractivity contribution in [1.29, 1.82) is 0 Å². The van der Waals surface area contributed by atoms with Crippen LogP contribution < -0.4 is 5.90 Å². The van der Waals surface area contributed by atoms with Crippen molar-refractivity contribution in [1.82, 2.24) is 10.2 Å². The lowest BCUT2D eigenvalue weighted by atomic mass is 9.86. The minimum atomic E-state index is 0.0781. The van der Waals surface area contributed by atoms with Crippen molar-refractivity contribution in [2.24, 2.45) is 5.90 Å². The van der Waals surface area contributed by atoms with Crippen LogP contribution in [0.25, 0.3) is 0 Å². The highest BCUT2D eigenvalue weighted by Gasteiger charge is 2.22. The van der Waals surface area contributed by atoms with E-state index in [0.717, 1.165) is 5.69 Å². The molecule has 0 amide bonds. The van der Waals surface area contributed by atoms with Gasteiger partial charge in [-0.2, -0.15) is 5.10 Å². The van der Waals surface area contributed by atoms with Crippen LogP contribution in [0.4, 0.5) is 0 Å². The van der Waals surface area contributed by atoms with Gasteiger partial charge in [-0.1, -0.05) is 27.7 Å². The maximum atomic E-state index is 5.06. The van der Waals surface area contributed by atoms with Crippen LogP contribution in [0.5, 0.6) is 0 Å². The number of rotatable bonds is 3. The van der Waals surface area contributed by atoms with Crippen molar-refractivity contribution in [3.63, 3.8) is 0 Å². The van der Waals surface area contributed by atoms with Gasteiger partial charge in [-0.15, -0.1) is 0 Å². The van der Waals surface area contributed by atoms with Crippen LogP contribution in [-0.4, -0.2) is 16.8 Å². The number of nitrogens with one attached hydrogen (secondary N) is 1. The minimum absolute atomic E-state index is 0.0781. The van der Waals surface area contributed by atoms with E-state index in [0.29, 0.717) is 6.61 Å². The van der Waals surface area contributed by atoms with E-state index in [1.807, 2.05) is 6.20 Å². The van der Waals surface area contributed by atoms with Crippen LogP contribution in [0, 0.1) is 0 Å². The van der Waals surface area contributed by atoms with Gasteiger partial charge < -0.3 is 4.84 Å². The Morgan fingerprint density at radius 3 is 2.71 bits per heavy atom. The molecule has 1 heterocycles. The molecule has 4 nitrogen and oxygen atoms in total. The number of H-pyrrole nitrogens is 1. The van der Waals surface area contributed by atoms with E-state index in [1.54, 1.807) is 0 Å². The number of nitrogens with zero attached hydrogens (tertiary/aromatic N) is 1. The molecule has 0 aromatic carbocycles. The van der Waals surface area contributed by atoms with Crippen molar-refractivity contribution >= 4 is 0 Å². The average Bonchev–Trinajstić information content (AvgIpc) is 2.50. The maximum Gasteiger partial charge on any atom is 0.0746 e.